The van der Waals surface area contributed by atoms with Crippen molar-refractivity contribution in [3.63, 3.8) is 0 Å². The van der Waals surface area contributed by atoms with E-state index in [4.69, 9.17) is 11.5 Å². The van der Waals surface area contributed by atoms with Gasteiger partial charge in [-0.3, -0.25) is 9.80 Å². The highest BCUT2D eigenvalue weighted by molar-refractivity contribution is 5.94. The van der Waals surface area contributed by atoms with Gasteiger partial charge in [-0.15, -0.1) is 5.10 Å². The Bertz CT molecular complexity index is 992. The maximum atomic E-state index is 12.3. The molecule has 3 rings (SSSR count). The van der Waals surface area contributed by atoms with Crippen LogP contribution in [-0.4, -0.2) is 49.9 Å². The zero-order valence-corrected chi connectivity index (χ0v) is 18.1. The number of benzene rings is 1. The molecule has 5 N–H and O–H groups in total. The van der Waals surface area contributed by atoms with Crippen molar-refractivity contribution in [1.29, 1.82) is 5.26 Å². The number of likely N-dealkylation sites (N-methyl/N-ethyl adjacent to an activating group) is 1. The minimum Gasteiger partial charge on any atom is -0.384 e. The predicted molar refractivity (Wildman–Crippen MR) is 115 cm³/mol. The highest BCUT2D eigenvalue weighted by Crippen LogP contribution is 2.32. The van der Waals surface area contributed by atoms with Crippen LogP contribution in [0.1, 0.15) is 43.3 Å². The number of hydrazine groups is 1. The van der Waals surface area contributed by atoms with E-state index >= 15 is 0 Å². The van der Waals surface area contributed by atoms with Gasteiger partial charge in [0.2, 0.25) is 5.91 Å². The van der Waals surface area contributed by atoms with E-state index < -0.39 is 11.9 Å². The summed E-state index contributed by atoms with van der Waals surface area (Å²) in [7, 11) is 0. The number of hydrogen-bond acceptors (Lipinski definition) is 8. The van der Waals surface area contributed by atoms with E-state index in [2.05, 4.69) is 21.9 Å². The first-order chi connectivity index (χ1) is 14.9. The van der Waals surface area contributed by atoms with Crippen LogP contribution in [0, 0.1) is 18.4 Å². The van der Waals surface area contributed by atoms with Gasteiger partial charge in [0.25, 0.3) is 0 Å². The van der Waals surface area contributed by atoms with Crippen molar-refractivity contribution >= 4 is 5.91 Å². The molecule has 0 aliphatic carbocycles. The maximum absolute atomic E-state index is 12.3. The molecule has 2 aromatic rings. The summed E-state index contributed by atoms with van der Waals surface area (Å²) in [4.78, 5) is 13.9. The number of nitrogens with two attached hydrogens (primary N) is 2. The fraction of sp³-hybridized carbons (Fsp3) is 0.429. The minimum atomic E-state index is -0.614. The predicted octanol–water partition coefficient (Wildman–Crippen LogP) is 0.733. The standard InChI is InChI=1S/C21H29N9O/c1-4-16(12-28(5-2)13-22)30-20(23)17(21(24)31)19(26-30)18-14(3)29(27-25-18)11-15-9-7-6-8-10-15/h6-10,16,19,26H,4-5,11-12,23H2,1-3H3,(H2,24,31). The molecule has 10 heteroatoms. The largest absolute Gasteiger partial charge is 0.384 e. The third kappa shape index (κ3) is 4.46. The number of nitriles is 1. The van der Waals surface area contributed by atoms with E-state index in [0.717, 1.165) is 11.3 Å². The Morgan fingerprint density at radius 1 is 1.35 bits per heavy atom. The van der Waals surface area contributed by atoms with Gasteiger partial charge in [0.05, 0.1) is 23.9 Å². The normalized spacial score (nSPS) is 17.0. The van der Waals surface area contributed by atoms with Gasteiger partial charge in [-0.2, -0.15) is 5.26 Å². The zero-order valence-electron chi connectivity index (χ0n) is 18.1. The Morgan fingerprint density at radius 2 is 2.06 bits per heavy atom. The summed E-state index contributed by atoms with van der Waals surface area (Å²) in [6.45, 7) is 7.44. The smallest absolute Gasteiger partial charge is 0.250 e. The number of primary amides is 1. The van der Waals surface area contributed by atoms with Gasteiger partial charge < -0.3 is 16.4 Å². The lowest BCUT2D eigenvalue weighted by molar-refractivity contribution is -0.114. The minimum absolute atomic E-state index is 0.126. The Morgan fingerprint density at radius 3 is 2.65 bits per heavy atom. The number of aromatic nitrogens is 3. The lowest BCUT2D eigenvalue weighted by Gasteiger charge is -2.32. The van der Waals surface area contributed by atoms with Gasteiger partial charge in [0.1, 0.15) is 17.6 Å². The molecule has 1 aliphatic heterocycles. The first kappa shape index (κ1) is 22.1. The third-order valence-electron chi connectivity index (χ3n) is 5.62. The molecular weight excluding hydrogens is 394 g/mol. The molecule has 1 aromatic heterocycles. The summed E-state index contributed by atoms with van der Waals surface area (Å²) in [5.74, 6) is -0.354. The number of rotatable bonds is 9. The SMILES string of the molecule is CCC(CN(C#N)CC)N1NC(c2nnn(Cc3ccccc3)c2C)C(C(N)=O)=C1N. The van der Waals surface area contributed by atoms with Crippen molar-refractivity contribution in [2.24, 2.45) is 11.5 Å². The average molecular weight is 424 g/mol. The molecule has 0 fully saturated rings. The number of amides is 1. The van der Waals surface area contributed by atoms with Crippen LogP contribution in [0.5, 0.6) is 0 Å². The topological polar surface area (TPSA) is 142 Å². The fourth-order valence-corrected chi connectivity index (χ4v) is 3.75. The molecule has 2 atom stereocenters. The van der Waals surface area contributed by atoms with Gasteiger partial charge >= 0.3 is 0 Å². The van der Waals surface area contributed by atoms with E-state index in [-0.39, 0.29) is 17.4 Å². The average Bonchev–Trinajstić information content (AvgIpc) is 3.29. The summed E-state index contributed by atoms with van der Waals surface area (Å²) < 4.78 is 1.79. The quantitative estimate of drug-likeness (QED) is 0.396. The first-order valence-corrected chi connectivity index (χ1v) is 10.3. The van der Waals surface area contributed by atoms with Gasteiger partial charge in [0.15, 0.2) is 6.19 Å². The van der Waals surface area contributed by atoms with Gasteiger partial charge in [-0.1, -0.05) is 42.5 Å². The van der Waals surface area contributed by atoms with Crippen molar-refractivity contribution in [3.8, 4) is 6.19 Å². The lowest BCUT2D eigenvalue weighted by Crippen LogP contribution is -2.48. The van der Waals surface area contributed by atoms with Gasteiger partial charge in [-0.05, 0) is 25.8 Å². The van der Waals surface area contributed by atoms with Crippen LogP contribution in [-0.2, 0) is 11.3 Å². The second kappa shape index (κ2) is 9.49. The summed E-state index contributed by atoms with van der Waals surface area (Å²) >= 11 is 0. The molecule has 1 aromatic carbocycles. The summed E-state index contributed by atoms with van der Waals surface area (Å²) in [5, 5.41) is 19.7. The Labute approximate surface area is 182 Å². The monoisotopic (exact) mass is 423 g/mol. The number of carbonyl (C=O) groups excluding carboxylic acids is 1. The van der Waals surface area contributed by atoms with Gasteiger partial charge in [-0.25, -0.2) is 10.1 Å². The van der Waals surface area contributed by atoms with E-state index in [9.17, 15) is 10.1 Å². The molecule has 0 radical (unpaired) electrons. The van der Waals surface area contributed by atoms with E-state index in [1.165, 1.54) is 0 Å². The molecule has 164 valence electrons. The highest BCUT2D eigenvalue weighted by Gasteiger charge is 2.39. The van der Waals surface area contributed by atoms with Crippen LogP contribution in [0.4, 0.5) is 0 Å². The van der Waals surface area contributed by atoms with Crippen LogP contribution < -0.4 is 16.9 Å². The molecule has 0 saturated carbocycles. The van der Waals surface area contributed by atoms with Crippen molar-refractivity contribution in [2.75, 3.05) is 13.1 Å². The summed E-state index contributed by atoms with van der Waals surface area (Å²) in [6.07, 6.45) is 2.88. The van der Waals surface area contributed by atoms with Crippen molar-refractivity contribution in [1.82, 2.24) is 30.3 Å². The third-order valence-corrected chi connectivity index (χ3v) is 5.62. The van der Waals surface area contributed by atoms with Crippen molar-refractivity contribution < 1.29 is 4.79 Å². The first-order valence-electron chi connectivity index (χ1n) is 10.3. The van der Waals surface area contributed by atoms with Crippen LogP contribution in [0.15, 0.2) is 41.7 Å². The molecule has 2 heterocycles. The van der Waals surface area contributed by atoms with Crippen molar-refractivity contribution in [3.05, 3.63) is 58.7 Å². The molecule has 31 heavy (non-hydrogen) atoms. The Kier molecular flexibility index (Phi) is 6.77. The number of carbonyl (C=O) groups is 1. The van der Waals surface area contributed by atoms with Crippen LogP contribution in [0.25, 0.3) is 0 Å². The van der Waals surface area contributed by atoms with E-state index in [1.54, 1.807) is 14.6 Å². The Hall–Kier alpha value is -3.58. The van der Waals surface area contributed by atoms with Crippen LogP contribution in [0.3, 0.4) is 0 Å². The molecule has 2 unspecified atom stereocenters. The second-order valence-corrected chi connectivity index (χ2v) is 7.50. The number of hydrogen-bond donors (Lipinski definition) is 3. The molecule has 1 amide bonds. The molecule has 10 nitrogen and oxygen atoms in total. The van der Waals surface area contributed by atoms with E-state index in [0.29, 0.717) is 31.7 Å². The molecule has 0 bridgehead atoms. The highest BCUT2D eigenvalue weighted by atomic mass is 16.1. The van der Waals surface area contributed by atoms with Crippen molar-refractivity contribution in [2.45, 2.75) is 45.8 Å². The fourth-order valence-electron chi connectivity index (χ4n) is 3.75. The van der Waals surface area contributed by atoms with E-state index in [1.807, 2.05) is 51.1 Å². The maximum Gasteiger partial charge on any atom is 0.250 e. The molecule has 0 saturated heterocycles. The summed E-state index contributed by atoms with van der Waals surface area (Å²) in [5.41, 5.74) is 18.1. The molecular formula is C21H29N9O. The summed E-state index contributed by atoms with van der Waals surface area (Å²) in [6, 6.07) is 9.21. The van der Waals surface area contributed by atoms with Gasteiger partial charge in [0, 0.05) is 13.1 Å². The van der Waals surface area contributed by atoms with Crippen LogP contribution in [0.2, 0.25) is 0 Å². The lowest BCUT2D eigenvalue weighted by atomic mass is 10.0. The zero-order chi connectivity index (χ0) is 22.5. The number of nitrogens with one attached hydrogen (secondary N) is 1. The molecule has 1 aliphatic rings. The Balaban J connectivity index is 1.90. The number of nitrogens with zero attached hydrogens (tertiary/aromatic N) is 6. The molecule has 0 spiro atoms. The second-order valence-electron chi connectivity index (χ2n) is 7.50. The van der Waals surface area contributed by atoms with Crippen LogP contribution >= 0.6 is 0 Å².